The maximum absolute atomic E-state index is 11.6. The molecule has 1 aliphatic carbocycles. The van der Waals surface area contributed by atoms with Crippen LogP contribution in [0.2, 0.25) is 5.02 Å². The molecule has 0 N–H and O–H groups in total. The van der Waals surface area contributed by atoms with E-state index in [0.29, 0.717) is 11.7 Å². The van der Waals surface area contributed by atoms with Crippen molar-refractivity contribution in [1.29, 1.82) is 0 Å². The zero-order chi connectivity index (χ0) is 12.3. The van der Waals surface area contributed by atoms with E-state index in [4.69, 9.17) is 11.6 Å². The van der Waals surface area contributed by atoms with Crippen molar-refractivity contribution in [2.45, 2.75) is 45.4 Å². The Morgan fingerprint density at radius 2 is 2.18 bits per heavy atom. The lowest BCUT2D eigenvalue weighted by Crippen LogP contribution is -2.08. The summed E-state index contributed by atoms with van der Waals surface area (Å²) in [5, 5.41) is 0.849. The fraction of sp³-hybridized carbons (Fsp3) is 0.533. The Labute approximate surface area is 108 Å². The van der Waals surface area contributed by atoms with Crippen LogP contribution >= 0.6 is 11.6 Å². The SMILES string of the molecule is Cc1ccc(CC2CCCCC(=O)C2)c(Cl)c1. The molecule has 2 rings (SSSR count). The molecular formula is C15H19ClO. The van der Waals surface area contributed by atoms with Crippen molar-refractivity contribution < 1.29 is 4.79 Å². The molecule has 0 aliphatic heterocycles. The van der Waals surface area contributed by atoms with Gasteiger partial charge in [-0.1, -0.05) is 30.2 Å². The molecule has 0 bridgehead atoms. The topological polar surface area (TPSA) is 17.1 Å². The molecule has 1 fully saturated rings. The molecule has 2 heteroatoms. The highest BCUT2D eigenvalue weighted by molar-refractivity contribution is 6.31. The van der Waals surface area contributed by atoms with Gasteiger partial charge in [0.25, 0.3) is 0 Å². The first-order valence-corrected chi connectivity index (χ1v) is 6.79. The van der Waals surface area contributed by atoms with E-state index in [1.165, 1.54) is 17.5 Å². The van der Waals surface area contributed by atoms with Gasteiger partial charge in [-0.3, -0.25) is 4.79 Å². The van der Waals surface area contributed by atoms with Gasteiger partial charge in [-0.05, 0) is 49.3 Å². The quantitative estimate of drug-likeness (QED) is 0.714. The van der Waals surface area contributed by atoms with Crippen molar-refractivity contribution >= 4 is 17.4 Å². The molecule has 0 amide bonds. The first-order chi connectivity index (χ1) is 8.15. The molecule has 1 saturated carbocycles. The fourth-order valence-electron chi connectivity index (χ4n) is 2.58. The summed E-state index contributed by atoms with van der Waals surface area (Å²) in [7, 11) is 0. The molecule has 92 valence electrons. The third-order valence-electron chi connectivity index (χ3n) is 3.55. The van der Waals surface area contributed by atoms with E-state index in [2.05, 4.69) is 12.1 Å². The van der Waals surface area contributed by atoms with Crippen molar-refractivity contribution in [3.05, 3.63) is 34.3 Å². The van der Waals surface area contributed by atoms with Gasteiger partial charge in [-0.2, -0.15) is 0 Å². The van der Waals surface area contributed by atoms with Gasteiger partial charge in [0.2, 0.25) is 0 Å². The highest BCUT2D eigenvalue weighted by atomic mass is 35.5. The second-order valence-corrected chi connectivity index (χ2v) is 5.56. The predicted octanol–water partition coefficient (Wildman–Crippen LogP) is 4.34. The van der Waals surface area contributed by atoms with E-state index < -0.39 is 0 Å². The summed E-state index contributed by atoms with van der Waals surface area (Å²) >= 11 is 6.24. The lowest BCUT2D eigenvalue weighted by molar-refractivity contribution is -0.119. The van der Waals surface area contributed by atoms with Crippen molar-refractivity contribution in [3.8, 4) is 0 Å². The zero-order valence-corrected chi connectivity index (χ0v) is 11.1. The average molecular weight is 251 g/mol. The summed E-state index contributed by atoms with van der Waals surface area (Å²) in [6.45, 7) is 2.05. The Morgan fingerprint density at radius 1 is 1.35 bits per heavy atom. The second kappa shape index (κ2) is 5.68. The van der Waals surface area contributed by atoms with Crippen molar-refractivity contribution in [2.24, 2.45) is 5.92 Å². The van der Waals surface area contributed by atoms with Gasteiger partial charge in [-0.25, -0.2) is 0 Å². The van der Waals surface area contributed by atoms with Crippen molar-refractivity contribution in [3.63, 3.8) is 0 Å². The van der Waals surface area contributed by atoms with Crippen LogP contribution in [0.5, 0.6) is 0 Å². The second-order valence-electron chi connectivity index (χ2n) is 5.15. The van der Waals surface area contributed by atoms with Crippen molar-refractivity contribution in [1.82, 2.24) is 0 Å². The van der Waals surface area contributed by atoms with Gasteiger partial charge in [0.05, 0.1) is 0 Å². The van der Waals surface area contributed by atoms with Crippen LogP contribution in [0.15, 0.2) is 18.2 Å². The fourth-order valence-corrected chi connectivity index (χ4v) is 2.90. The summed E-state index contributed by atoms with van der Waals surface area (Å²) in [4.78, 5) is 11.6. The number of hydrogen-bond donors (Lipinski definition) is 0. The van der Waals surface area contributed by atoms with E-state index in [1.807, 2.05) is 13.0 Å². The number of rotatable bonds is 2. The molecule has 0 saturated heterocycles. The summed E-state index contributed by atoms with van der Waals surface area (Å²) in [5.41, 5.74) is 2.38. The summed E-state index contributed by atoms with van der Waals surface area (Å²) in [6, 6.07) is 6.21. The number of benzene rings is 1. The first kappa shape index (κ1) is 12.6. The number of hydrogen-bond acceptors (Lipinski definition) is 1. The maximum Gasteiger partial charge on any atom is 0.133 e. The summed E-state index contributed by atoms with van der Waals surface area (Å²) in [5.74, 6) is 0.918. The minimum Gasteiger partial charge on any atom is -0.300 e. The Morgan fingerprint density at radius 3 is 2.94 bits per heavy atom. The third-order valence-corrected chi connectivity index (χ3v) is 3.90. The Hall–Kier alpha value is -0.820. The zero-order valence-electron chi connectivity index (χ0n) is 10.3. The normalized spacial score (nSPS) is 21.3. The van der Waals surface area contributed by atoms with E-state index in [9.17, 15) is 4.79 Å². The smallest absolute Gasteiger partial charge is 0.133 e. The molecule has 1 aromatic carbocycles. The molecule has 17 heavy (non-hydrogen) atoms. The van der Waals surface area contributed by atoms with Crippen LogP contribution in [0.4, 0.5) is 0 Å². The van der Waals surface area contributed by atoms with Crippen LogP contribution in [0.25, 0.3) is 0 Å². The lowest BCUT2D eigenvalue weighted by Gasteiger charge is -2.14. The van der Waals surface area contributed by atoms with Gasteiger partial charge in [0.1, 0.15) is 5.78 Å². The molecule has 1 nitrogen and oxygen atoms in total. The van der Waals surface area contributed by atoms with E-state index in [1.54, 1.807) is 0 Å². The van der Waals surface area contributed by atoms with Gasteiger partial charge in [-0.15, -0.1) is 0 Å². The largest absolute Gasteiger partial charge is 0.300 e. The molecule has 0 heterocycles. The van der Waals surface area contributed by atoms with Crippen molar-refractivity contribution in [2.75, 3.05) is 0 Å². The Balaban J connectivity index is 2.06. The molecule has 1 aliphatic rings. The van der Waals surface area contributed by atoms with Gasteiger partial charge in [0.15, 0.2) is 0 Å². The molecule has 0 spiro atoms. The van der Waals surface area contributed by atoms with E-state index in [-0.39, 0.29) is 0 Å². The number of halogens is 1. The van der Waals surface area contributed by atoms with Crippen LogP contribution in [-0.2, 0) is 11.2 Å². The number of aryl methyl sites for hydroxylation is 1. The molecule has 0 aromatic heterocycles. The average Bonchev–Trinajstić information content (AvgIpc) is 2.47. The predicted molar refractivity (Wildman–Crippen MR) is 71.5 cm³/mol. The van der Waals surface area contributed by atoms with E-state index in [0.717, 1.165) is 37.1 Å². The maximum atomic E-state index is 11.6. The molecular weight excluding hydrogens is 232 g/mol. The monoisotopic (exact) mass is 250 g/mol. The standard InChI is InChI=1S/C15H19ClO/c1-11-6-7-13(15(16)8-11)9-12-4-2-3-5-14(17)10-12/h6-8,12H,2-5,9-10H2,1H3. The first-order valence-electron chi connectivity index (χ1n) is 6.42. The van der Waals surface area contributed by atoms with Crippen LogP contribution < -0.4 is 0 Å². The van der Waals surface area contributed by atoms with Gasteiger partial charge in [0, 0.05) is 17.9 Å². The summed E-state index contributed by atoms with van der Waals surface area (Å²) < 4.78 is 0. The number of carbonyl (C=O) groups excluding carboxylic acids is 1. The van der Waals surface area contributed by atoms with Crippen LogP contribution in [0.1, 0.15) is 43.2 Å². The molecule has 0 radical (unpaired) electrons. The highest BCUT2D eigenvalue weighted by Gasteiger charge is 2.18. The van der Waals surface area contributed by atoms with Crippen LogP contribution in [0.3, 0.4) is 0 Å². The number of ketones is 1. The summed E-state index contributed by atoms with van der Waals surface area (Å²) in [6.07, 6.45) is 5.87. The lowest BCUT2D eigenvalue weighted by atomic mass is 9.92. The molecule has 1 aromatic rings. The molecule has 1 unspecified atom stereocenters. The van der Waals surface area contributed by atoms with Gasteiger partial charge < -0.3 is 0 Å². The highest BCUT2D eigenvalue weighted by Crippen LogP contribution is 2.27. The number of Topliss-reactive ketones (excluding diaryl/α,β-unsaturated/α-hetero) is 1. The Kier molecular flexibility index (Phi) is 4.22. The minimum absolute atomic E-state index is 0.427. The molecule has 1 atom stereocenters. The number of carbonyl (C=O) groups is 1. The van der Waals surface area contributed by atoms with Crippen LogP contribution in [0, 0.1) is 12.8 Å². The minimum atomic E-state index is 0.427. The third kappa shape index (κ3) is 3.57. The Bertz CT molecular complexity index is 411. The van der Waals surface area contributed by atoms with Gasteiger partial charge >= 0.3 is 0 Å². The van der Waals surface area contributed by atoms with E-state index >= 15 is 0 Å². The van der Waals surface area contributed by atoms with Crippen LogP contribution in [-0.4, -0.2) is 5.78 Å².